The van der Waals surface area contributed by atoms with Gasteiger partial charge in [0.2, 0.25) is 5.91 Å². The molecule has 5 nitrogen and oxygen atoms in total. The van der Waals surface area contributed by atoms with Crippen LogP contribution in [0.5, 0.6) is 5.75 Å². The highest BCUT2D eigenvalue weighted by molar-refractivity contribution is 5.94. The number of methoxy groups -OCH3 is 1. The molecule has 34 heavy (non-hydrogen) atoms. The van der Waals surface area contributed by atoms with E-state index in [1.807, 2.05) is 54.6 Å². The number of nitrogens with zero attached hydrogens (tertiary/aromatic N) is 3. The Balaban J connectivity index is 1.56. The molecule has 4 aromatic rings. The van der Waals surface area contributed by atoms with Crippen molar-refractivity contribution >= 4 is 11.7 Å². The molecule has 3 aromatic carbocycles. The fourth-order valence-electron chi connectivity index (χ4n) is 4.46. The van der Waals surface area contributed by atoms with E-state index < -0.39 is 0 Å². The first-order valence-corrected chi connectivity index (χ1v) is 11.5. The lowest BCUT2D eigenvalue weighted by molar-refractivity contribution is -0.117. The first-order valence-electron chi connectivity index (χ1n) is 11.5. The fourth-order valence-corrected chi connectivity index (χ4v) is 4.46. The highest BCUT2D eigenvalue weighted by Gasteiger charge is 2.25. The molecule has 0 bridgehead atoms. The summed E-state index contributed by atoms with van der Waals surface area (Å²) in [6.45, 7) is 0. The summed E-state index contributed by atoms with van der Waals surface area (Å²) >= 11 is 0. The maximum atomic E-state index is 13.2. The number of amides is 1. The number of hydrogen-bond donors (Lipinski definition) is 0. The van der Waals surface area contributed by atoms with Crippen LogP contribution in [0.2, 0.25) is 0 Å². The number of anilines is 1. The number of aromatic nitrogens is 2. The molecule has 0 radical (unpaired) electrons. The first-order chi connectivity index (χ1) is 16.6. The minimum atomic E-state index is -0.00397. The maximum absolute atomic E-state index is 13.2. The molecule has 1 aliphatic rings. The summed E-state index contributed by atoms with van der Waals surface area (Å²) < 4.78 is 5.42. The monoisotopic (exact) mass is 449 g/mol. The molecule has 5 rings (SSSR count). The molecular formula is C29H27N3O2. The Labute approximate surface area is 200 Å². The van der Waals surface area contributed by atoms with Crippen molar-refractivity contribution in [1.82, 2.24) is 9.97 Å². The van der Waals surface area contributed by atoms with E-state index in [2.05, 4.69) is 24.3 Å². The molecule has 0 atom stereocenters. The molecule has 5 heteroatoms. The molecule has 0 spiro atoms. The average molecular weight is 450 g/mol. The van der Waals surface area contributed by atoms with Crippen LogP contribution in [0, 0.1) is 0 Å². The number of likely N-dealkylation sites (N-methyl/N-ethyl adjacent to an activating group) is 1. The van der Waals surface area contributed by atoms with Crippen molar-refractivity contribution in [2.75, 3.05) is 19.1 Å². The van der Waals surface area contributed by atoms with Gasteiger partial charge < -0.3 is 4.74 Å². The minimum absolute atomic E-state index is 0.00397. The predicted octanol–water partition coefficient (Wildman–Crippen LogP) is 5.05. The molecular weight excluding hydrogens is 422 g/mol. The molecule has 0 N–H and O–H groups in total. The van der Waals surface area contributed by atoms with E-state index in [1.165, 1.54) is 5.56 Å². The Morgan fingerprint density at radius 1 is 0.912 bits per heavy atom. The third kappa shape index (κ3) is 4.42. The smallest absolute Gasteiger partial charge is 0.232 e. The molecule has 1 aliphatic carbocycles. The van der Waals surface area contributed by atoms with Crippen molar-refractivity contribution in [3.63, 3.8) is 0 Å². The molecule has 1 aromatic heterocycles. The van der Waals surface area contributed by atoms with Crippen LogP contribution in [0.15, 0.2) is 78.9 Å². The van der Waals surface area contributed by atoms with Crippen LogP contribution in [-0.4, -0.2) is 30.0 Å². The number of carbonyl (C=O) groups is 1. The molecule has 170 valence electrons. The van der Waals surface area contributed by atoms with Gasteiger partial charge in [0.25, 0.3) is 0 Å². The largest absolute Gasteiger partial charge is 0.497 e. The van der Waals surface area contributed by atoms with E-state index in [-0.39, 0.29) is 5.91 Å². The predicted molar refractivity (Wildman–Crippen MR) is 134 cm³/mol. The third-order valence-electron chi connectivity index (χ3n) is 6.32. The van der Waals surface area contributed by atoms with Crippen molar-refractivity contribution in [1.29, 1.82) is 0 Å². The Morgan fingerprint density at radius 2 is 1.62 bits per heavy atom. The van der Waals surface area contributed by atoms with Crippen LogP contribution in [0.1, 0.15) is 28.1 Å². The lowest BCUT2D eigenvalue weighted by atomic mass is 9.91. The number of carbonyl (C=O) groups excluding carboxylic acids is 1. The Bertz CT molecular complexity index is 1320. The van der Waals surface area contributed by atoms with Gasteiger partial charge in [-0.25, -0.2) is 9.97 Å². The molecule has 1 amide bonds. The second-order valence-corrected chi connectivity index (χ2v) is 8.59. The quantitative estimate of drug-likeness (QED) is 0.414. The maximum Gasteiger partial charge on any atom is 0.232 e. The van der Waals surface area contributed by atoms with Gasteiger partial charge in [-0.1, -0.05) is 60.7 Å². The van der Waals surface area contributed by atoms with E-state index in [1.54, 1.807) is 19.1 Å². The SMILES string of the molecule is COc1ccc2c(c1)CCc1nc(N(C)C(=O)Cc3ccccc3)c(Cc3ccccc3)nc1-2. The van der Waals surface area contributed by atoms with E-state index in [9.17, 15) is 4.79 Å². The summed E-state index contributed by atoms with van der Waals surface area (Å²) in [6, 6.07) is 26.1. The Kier molecular flexibility index (Phi) is 6.09. The lowest BCUT2D eigenvalue weighted by Gasteiger charge is -2.25. The van der Waals surface area contributed by atoms with Gasteiger partial charge >= 0.3 is 0 Å². The van der Waals surface area contributed by atoms with Crippen LogP contribution in [0.4, 0.5) is 5.82 Å². The zero-order valence-corrected chi connectivity index (χ0v) is 19.5. The standard InChI is InChI=1S/C29H27N3O2/c1-32(27(33)18-21-11-7-4-8-12-21)29-26(17-20-9-5-3-6-10-20)30-28-24-15-14-23(34-2)19-22(24)13-16-25(28)31-29/h3-12,14-15,19H,13,16-18H2,1-2H3. The van der Waals surface area contributed by atoms with Crippen molar-refractivity contribution in [2.45, 2.75) is 25.7 Å². The molecule has 0 saturated heterocycles. The normalized spacial score (nSPS) is 11.9. The second kappa shape index (κ2) is 9.48. The van der Waals surface area contributed by atoms with E-state index >= 15 is 0 Å². The summed E-state index contributed by atoms with van der Waals surface area (Å²) in [7, 11) is 3.49. The number of rotatable bonds is 6. The molecule has 0 aliphatic heterocycles. The summed E-state index contributed by atoms with van der Waals surface area (Å²) in [5.74, 6) is 1.48. The lowest BCUT2D eigenvalue weighted by Crippen LogP contribution is -2.31. The van der Waals surface area contributed by atoms with Gasteiger partial charge in [0.15, 0.2) is 5.82 Å². The summed E-state index contributed by atoms with van der Waals surface area (Å²) in [5.41, 5.74) is 7.07. The van der Waals surface area contributed by atoms with Crippen LogP contribution in [-0.2, 0) is 30.5 Å². The molecule has 1 heterocycles. The van der Waals surface area contributed by atoms with Crippen molar-refractivity contribution < 1.29 is 9.53 Å². The highest BCUT2D eigenvalue weighted by atomic mass is 16.5. The van der Waals surface area contributed by atoms with E-state index in [4.69, 9.17) is 14.7 Å². The summed E-state index contributed by atoms with van der Waals surface area (Å²) in [4.78, 5) is 25.0. The molecule has 0 saturated carbocycles. The minimum Gasteiger partial charge on any atom is -0.497 e. The van der Waals surface area contributed by atoms with Crippen LogP contribution in [0.3, 0.4) is 0 Å². The summed E-state index contributed by atoms with van der Waals surface area (Å²) in [5, 5.41) is 0. The topological polar surface area (TPSA) is 55.3 Å². The van der Waals surface area contributed by atoms with Crippen LogP contribution < -0.4 is 9.64 Å². The zero-order chi connectivity index (χ0) is 23.5. The van der Waals surface area contributed by atoms with E-state index in [0.717, 1.165) is 52.4 Å². The van der Waals surface area contributed by atoms with Crippen LogP contribution >= 0.6 is 0 Å². The zero-order valence-electron chi connectivity index (χ0n) is 19.5. The van der Waals surface area contributed by atoms with Gasteiger partial charge in [0, 0.05) is 19.0 Å². The summed E-state index contributed by atoms with van der Waals surface area (Å²) in [6.07, 6.45) is 2.57. The van der Waals surface area contributed by atoms with Gasteiger partial charge in [-0.05, 0) is 47.7 Å². The molecule has 0 fully saturated rings. The number of ether oxygens (including phenoxy) is 1. The van der Waals surface area contributed by atoms with Gasteiger partial charge in [0.1, 0.15) is 5.75 Å². The van der Waals surface area contributed by atoms with Crippen molar-refractivity contribution in [3.8, 4) is 17.0 Å². The number of hydrogen-bond acceptors (Lipinski definition) is 4. The number of benzene rings is 3. The van der Waals surface area contributed by atoms with Crippen molar-refractivity contribution in [2.24, 2.45) is 0 Å². The Hall–Kier alpha value is -3.99. The highest BCUT2D eigenvalue weighted by Crippen LogP contribution is 2.35. The van der Waals surface area contributed by atoms with E-state index in [0.29, 0.717) is 18.7 Å². The number of fused-ring (bicyclic) bond motifs is 3. The van der Waals surface area contributed by atoms with Gasteiger partial charge in [-0.2, -0.15) is 0 Å². The first kappa shape index (κ1) is 21.8. The number of aryl methyl sites for hydroxylation is 2. The fraction of sp³-hybridized carbons (Fsp3) is 0.207. The van der Waals surface area contributed by atoms with Crippen molar-refractivity contribution in [3.05, 3.63) is 107 Å². The second-order valence-electron chi connectivity index (χ2n) is 8.59. The Morgan fingerprint density at radius 3 is 2.32 bits per heavy atom. The third-order valence-corrected chi connectivity index (χ3v) is 6.32. The van der Waals surface area contributed by atoms with Gasteiger partial charge in [-0.3, -0.25) is 9.69 Å². The van der Waals surface area contributed by atoms with Gasteiger partial charge in [0.05, 0.1) is 30.6 Å². The van der Waals surface area contributed by atoms with Gasteiger partial charge in [-0.15, -0.1) is 0 Å². The molecule has 0 unspecified atom stereocenters. The van der Waals surface area contributed by atoms with Crippen LogP contribution in [0.25, 0.3) is 11.3 Å². The average Bonchev–Trinajstić information content (AvgIpc) is 2.88.